The van der Waals surface area contributed by atoms with Crippen molar-refractivity contribution in [1.82, 2.24) is 4.98 Å². The predicted molar refractivity (Wildman–Crippen MR) is 123 cm³/mol. The summed E-state index contributed by atoms with van der Waals surface area (Å²) in [4.78, 5) is 4.23. The maximum absolute atomic E-state index is 9.72. The zero-order chi connectivity index (χ0) is 20.9. The van der Waals surface area contributed by atoms with Crippen LogP contribution in [-0.2, 0) is 6.61 Å². The Bertz CT molecular complexity index is 1200. The van der Waals surface area contributed by atoms with Gasteiger partial charge in [-0.05, 0) is 41.0 Å². The number of ether oxygens (including phenoxy) is 1. The molecule has 0 spiro atoms. The molecule has 0 atom stereocenters. The van der Waals surface area contributed by atoms with Gasteiger partial charge in [-0.2, -0.15) is 5.26 Å². The summed E-state index contributed by atoms with van der Waals surface area (Å²) < 4.78 is 6.94. The second kappa shape index (κ2) is 8.81. The lowest BCUT2D eigenvalue weighted by Crippen LogP contribution is -2.00. The number of nitrogens with zero attached hydrogens (tertiary/aromatic N) is 2. The molecule has 2 N–H and O–H groups in total. The summed E-state index contributed by atoms with van der Waals surface area (Å²) in [6.45, 7) is 0.480. The number of aromatic nitrogens is 1. The number of hydrogen-bond acceptors (Lipinski definition) is 4. The molecule has 0 saturated heterocycles. The molecular formula is C25H18BrN3O. The summed E-state index contributed by atoms with van der Waals surface area (Å²) in [6, 6.07) is 27.8. The van der Waals surface area contributed by atoms with Crippen molar-refractivity contribution in [3.63, 3.8) is 0 Å². The van der Waals surface area contributed by atoms with Gasteiger partial charge < -0.3 is 10.5 Å². The SMILES string of the molecule is N#Cc1c(N)ncc(-c2ccccc2)c1-c1ccc(OCc2ccc(Br)cc2)cc1. The van der Waals surface area contributed by atoms with Crippen LogP contribution in [0.3, 0.4) is 0 Å². The lowest BCUT2D eigenvalue weighted by Gasteiger charge is -2.14. The Labute approximate surface area is 183 Å². The first kappa shape index (κ1) is 19.7. The van der Waals surface area contributed by atoms with Gasteiger partial charge in [0.2, 0.25) is 0 Å². The smallest absolute Gasteiger partial charge is 0.141 e. The first-order valence-corrected chi connectivity index (χ1v) is 10.2. The van der Waals surface area contributed by atoms with Crippen molar-refractivity contribution >= 4 is 21.7 Å². The van der Waals surface area contributed by atoms with E-state index in [4.69, 9.17) is 10.5 Å². The number of benzene rings is 3. The van der Waals surface area contributed by atoms with E-state index in [0.29, 0.717) is 12.2 Å². The maximum atomic E-state index is 9.72. The molecule has 4 rings (SSSR count). The van der Waals surface area contributed by atoms with Crippen molar-refractivity contribution in [2.75, 3.05) is 5.73 Å². The van der Waals surface area contributed by atoms with E-state index in [2.05, 4.69) is 27.0 Å². The molecule has 0 aliphatic rings. The van der Waals surface area contributed by atoms with E-state index in [0.717, 1.165) is 38.0 Å². The van der Waals surface area contributed by atoms with Crippen LogP contribution in [0.1, 0.15) is 11.1 Å². The Kier molecular flexibility index (Phi) is 5.78. The van der Waals surface area contributed by atoms with Crippen LogP contribution in [0.4, 0.5) is 5.82 Å². The molecule has 5 heteroatoms. The van der Waals surface area contributed by atoms with Gasteiger partial charge in [-0.3, -0.25) is 0 Å². The molecule has 0 radical (unpaired) electrons. The summed E-state index contributed by atoms with van der Waals surface area (Å²) in [5, 5.41) is 9.72. The number of halogens is 1. The van der Waals surface area contributed by atoms with Crippen LogP contribution in [-0.4, -0.2) is 4.98 Å². The molecule has 0 bridgehead atoms. The first-order chi connectivity index (χ1) is 14.7. The summed E-state index contributed by atoms with van der Waals surface area (Å²) in [5.74, 6) is 0.978. The van der Waals surface area contributed by atoms with Crippen LogP contribution in [0, 0.1) is 11.3 Å². The van der Waals surface area contributed by atoms with E-state index in [1.54, 1.807) is 6.20 Å². The third-order valence-corrected chi connectivity index (χ3v) is 5.30. The van der Waals surface area contributed by atoms with Crippen molar-refractivity contribution in [3.8, 4) is 34.1 Å². The number of pyridine rings is 1. The van der Waals surface area contributed by atoms with Crippen molar-refractivity contribution in [3.05, 3.63) is 101 Å². The molecule has 0 fully saturated rings. The number of nitriles is 1. The molecule has 0 unspecified atom stereocenters. The Hall–Kier alpha value is -3.62. The Morgan fingerprint density at radius 2 is 1.60 bits per heavy atom. The van der Waals surface area contributed by atoms with Gasteiger partial charge in [-0.15, -0.1) is 0 Å². The molecule has 0 aliphatic heterocycles. The van der Waals surface area contributed by atoms with E-state index in [1.807, 2.05) is 78.9 Å². The minimum atomic E-state index is 0.225. The minimum Gasteiger partial charge on any atom is -0.489 e. The normalized spacial score (nSPS) is 10.4. The molecule has 1 aromatic heterocycles. The zero-order valence-electron chi connectivity index (χ0n) is 16.0. The molecule has 1 heterocycles. The molecule has 30 heavy (non-hydrogen) atoms. The van der Waals surface area contributed by atoms with Crippen molar-refractivity contribution in [2.45, 2.75) is 6.61 Å². The van der Waals surface area contributed by atoms with Crippen LogP contribution in [0.2, 0.25) is 0 Å². The summed E-state index contributed by atoms with van der Waals surface area (Å²) in [7, 11) is 0. The van der Waals surface area contributed by atoms with Gasteiger partial charge in [0.15, 0.2) is 0 Å². The lowest BCUT2D eigenvalue weighted by atomic mass is 9.92. The highest BCUT2D eigenvalue weighted by molar-refractivity contribution is 9.10. The molecule has 0 aliphatic carbocycles. The van der Waals surface area contributed by atoms with Crippen LogP contribution in [0.25, 0.3) is 22.3 Å². The van der Waals surface area contributed by atoms with E-state index in [9.17, 15) is 5.26 Å². The second-order valence-corrected chi connectivity index (χ2v) is 7.64. The number of anilines is 1. The van der Waals surface area contributed by atoms with Gasteiger partial charge in [-0.1, -0.05) is 70.5 Å². The number of nitrogens with two attached hydrogens (primary N) is 1. The fourth-order valence-corrected chi connectivity index (χ4v) is 3.50. The standard InChI is InChI=1S/C25H18BrN3O/c26-20-10-6-17(7-11-20)16-30-21-12-8-19(9-13-21)24-22(14-27)25(28)29-15-23(24)18-4-2-1-3-5-18/h1-13,15H,16H2,(H2,28,29). The number of rotatable bonds is 5. The average Bonchev–Trinajstić information content (AvgIpc) is 2.79. The number of nitrogen functional groups attached to an aromatic ring is 1. The average molecular weight is 456 g/mol. The number of hydrogen-bond donors (Lipinski definition) is 1. The highest BCUT2D eigenvalue weighted by Crippen LogP contribution is 2.36. The lowest BCUT2D eigenvalue weighted by molar-refractivity contribution is 0.306. The molecule has 4 nitrogen and oxygen atoms in total. The topological polar surface area (TPSA) is 71.9 Å². The Morgan fingerprint density at radius 3 is 2.27 bits per heavy atom. The summed E-state index contributed by atoms with van der Waals surface area (Å²) in [5.41, 5.74) is 11.0. The Morgan fingerprint density at radius 1 is 0.900 bits per heavy atom. The maximum Gasteiger partial charge on any atom is 0.141 e. The van der Waals surface area contributed by atoms with Gasteiger partial charge in [0, 0.05) is 21.8 Å². The van der Waals surface area contributed by atoms with Crippen LogP contribution >= 0.6 is 15.9 Å². The monoisotopic (exact) mass is 455 g/mol. The Balaban J connectivity index is 1.66. The van der Waals surface area contributed by atoms with Gasteiger partial charge in [0.05, 0.1) is 0 Å². The highest BCUT2D eigenvalue weighted by Gasteiger charge is 2.16. The zero-order valence-corrected chi connectivity index (χ0v) is 17.6. The highest BCUT2D eigenvalue weighted by atomic mass is 79.9. The van der Waals surface area contributed by atoms with Crippen LogP contribution in [0.15, 0.2) is 89.5 Å². The van der Waals surface area contributed by atoms with E-state index < -0.39 is 0 Å². The van der Waals surface area contributed by atoms with Crippen LogP contribution < -0.4 is 10.5 Å². The fraction of sp³-hybridized carbons (Fsp3) is 0.0400. The second-order valence-electron chi connectivity index (χ2n) is 6.72. The van der Waals surface area contributed by atoms with Gasteiger partial charge in [-0.25, -0.2) is 4.98 Å². The van der Waals surface area contributed by atoms with E-state index in [-0.39, 0.29) is 5.82 Å². The summed E-state index contributed by atoms with van der Waals surface area (Å²) in [6.07, 6.45) is 1.72. The molecule has 4 aromatic rings. The van der Waals surface area contributed by atoms with E-state index >= 15 is 0 Å². The quantitative estimate of drug-likeness (QED) is 0.388. The van der Waals surface area contributed by atoms with Crippen LogP contribution in [0.5, 0.6) is 5.75 Å². The van der Waals surface area contributed by atoms with Crippen molar-refractivity contribution in [1.29, 1.82) is 5.26 Å². The van der Waals surface area contributed by atoms with E-state index in [1.165, 1.54) is 0 Å². The first-order valence-electron chi connectivity index (χ1n) is 9.37. The van der Waals surface area contributed by atoms with Gasteiger partial charge in [0.1, 0.15) is 29.8 Å². The van der Waals surface area contributed by atoms with Crippen molar-refractivity contribution < 1.29 is 4.74 Å². The summed E-state index contributed by atoms with van der Waals surface area (Å²) >= 11 is 3.43. The molecule has 146 valence electrons. The third-order valence-electron chi connectivity index (χ3n) is 4.77. The fourth-order valence-electron chi connectivity index (χ4n) is 3.24. The van der Waals surface area contributed by atoms with Gasteiger partial charge in [0.25, 0.3) is 0 Å². The molecule has 0 amide bonds. The molecular weight excluding hydrogens is 438 g/mol. The largest absolute Gasteiger partial charge is 0.489 e. The molecule has 0 saturated carbocycles. The third kappa shape index (κ3) is 4.19. The molecule has 3 aromatic carbocycles. The predicted octanol–water partition coefficient (Wildman–Crippen LogP) is 6.21. The minimum absolute atomic E-state index is 0.225. The van der Waals surface area contributed by atoms with Crippen molar-refractivity contribution in [2.24, 2.45) is 0 Å². The van der Waals surface area contributed by atoms with Gasteiger partial charge >= 0.3 is 0 Å².